The quantitative estimate of drug-likeness (QED) is 0.555. The summed E-state index contributed by atoms with van der Waals surface area (Å²) in [7, 11) is 0. The molecule has 1 aliphatic rings. The Morgan fingerprint density at radius 2 is 1.53 bits per heavy atom. The molecule has 0 amide bonds. The molecule has 1 nitrogen and oxygen atoms in total. The van der Waals surface area contributed by atoms with Crippen LogP contribution in [0.5, 0.6) is 0 Å². The zero-order valence-electron chi connectivity index (χ0n) is 11.0. The van der Waals surface area contributed by atoms with E-state index < -0.39 is 0 Å². The van der Waals surface area contributed by atoms with Crippen molar-refractivity contribution in [3.63, 3.8) is 0 Å². The minimum Gasteiger partial charge on any atom is -0.370 e. The van der Waals surface area contributed by atoms with Crippen LogP contribution >= 0.6 is 0 Å². The van der Waals surface area contributed by atoms with Crippen LogP contribution in [0.25, 0.3) is 0 Å². The summed E-state index contributed by atoms with van der Waals surface area (Å²) >= 11 is 0. The topological polar surface area (TPSA) is 9.23 Å². The fourth-order valence-corrected chi connectivity index (χ4v) is 2.99. The fourth-order valence-electron chi connectivity index (χ4n) is 2.99. The van der Waals surface area contributed by atoms with Crippen LogP contribution in [0.2, 0.25) is 0 Å². The van der Waals surface area contributed by atoms with E-state index in [0.29, 0.717) is 12.5 Å². The lowest BCUT2D eigenvalue weighted by molar-refractivity contribution is -0.0815. The Kier molecular flexibility index (Phi) is 6.28. The Bertz CT molecular complexity index is 238. The minimum absolute atomic E-state index is 0.0852. The second-order valence-corrected chi connectivity index (χ2v) is 4.98. The first-order chi connectivity index (χ1) is 8.29. The number of hydrogen-bond acceptors (Lipinski definition) is 1. The van der Waals surface area contributed by atoms with Gasteiger partial charge in [0.2, 0.25) is 0 Å². The van der Waals surface area contributed by atoms with Crippen molar-refractivity contribution in [2.75, 3.05) is 6.61 Å². The largest absolute Gasteiger partial charge is 0.370 e. The molecule has 0 aromatic rings. The normalized spacial score (nSPS) is 17.6. The van der Waals surface area contributed by atoms with Gasteiger partial charge in [-0.05, 0) is 31.6 Å². The molecule has 17 heavy (non-hydrogen) atoms. The second-order valence-electron chi connectivity index (χ2n) is 4.98. The van der Waals surface area contributed by atoms with Gasteiger partial charge in [0.25, 0.3) is 0 Å². The molecule has 0 radical (unpaired) electrons. The van der Waals surface area contributed by atoms with E-state index in [4.69, 9.17) is 4.74 Å². The van der Waals surface area contributed by atoms with Crippen LogP contribution in [0.1, 0.15) is 44.9 Å². The molecule has 1 aliphatic carbocycles. The number of hydrogen-bond donors (Lipinski definition) is 0. The molecule has 1 rings (SSSR count). The molecule has 1 saturated carbocycles. The van der Waals surface area contributed by atoms with E-state index >= 15 is 0 Å². The first-order valence-corrected chi connectivity index (χ1v) is 6.75. The van der Waals surface area contributed by atoms with Crippen molar-refractivity contribution in [2.45, 2.75) is 50.5 Å². The highest BCUT2D eigenvalue weighted by atomic mass is 16.5. The smallest absolute Gasteiger partial charge is 0.0783 e. The van der Waals surface area contributed by atoms with Gasteiger partial charge in [-0.1, -0.05) is 37.5 Å². The first kappa shape index (κ1) is 14.2. The lowest BCUT2D eigenvalue weighted by atomic mass is 9.73. The zero-order chi connectivity index (χ0) is 12.6. The summed E-state index contributed by atoms with van der Waals surface area (Å²) in [6.45, 7) is 12.2. The third kappa shape index (κ3) is 3.85. The molecule has 0 spiro atoms. The molecule has 0 unspecified atom stereocenters. The predicted octanol–water partition coefficient (Wildman–Crippen LogP) is 4.66. The molecule has 0 bridgehead atoms. The maximum atomic E-state index is 6.14. The Morgan fingerprint density at radius 3 is 2.00 bits per heavy atom. The van der Waals surface area contributed by atoms with Crippen molar-refractivity contribution >= 4 is 0 Å². The van der Waals surface area contributed by atoms with E-state index in [0.717, 1.165) is 12.8 Å². The highest BCUT2D eigenvalue weighted by molar-refractivity contribution is 4.99. The molecule has 0 aromatic heterocycles. The molecule has 0 N–H and O–H groups in total. The van der Waals surface area contributed by atoms with E-state index in [-0.39, 0.29) is 5.60 Å². The van der Waals surface area contributed by atoms with Crippen molar-refractivity contribution in [3.8, 4) is 0 Å². The van der Waals surface area contributed by atoms with E-state index in [1.165, 1.54) is 32.1 Å². The molecular weight excluding hydrogens is 208 g/mol. The highest BCUT2D eigenvalue weighted by Crippen LogP contribution is 2.40. The summed E-state index contributed by atoms with van der Waals surface area (Å²) in [5.41, 5.74) is -0.0852. The van der Waals surface area contributed by atoms with Crippen molar-refractivity contribution < 1.29 is 4.74 Å². The molecule has 0 aromatic carbocycles. The molecule has 0 saturated heterocycles. The molecule has 0 aliphatic heterocycles. The zero-order valence-corrected chi connectivity index (χ0v) is 11.0. The van der Waals surface area contributed by atoms with Crippen LogP contribution < -0.4 is 0 Å². The predicted molar refractivity (Wildman–Crippen MR) is 75.1 cm³/mol. The lowest BCUT2D eigenvalue weighted by Crippen LogP contribution is -2.41. The van der Waals surface area contributed by atoms with Crippen LogP contribution in [0, 0.1) is 5.92 Å². The van der Waals surface area contributed by atoms with E-state index in [1.54, 1.807) is 0 Å². The van der Waals surface area contributed by atoms with Crippen molar-refractivity contribution in [1.29, 1.82) is 0 Å². The van der Waals surface area contributed by atoms with Gasteiger partial charge in [0.15, 0.2) is 0 Å². The summed E-state index contributed by atoms with van der Waals surface area (Å²) in [5.74, 6) is 0.646. The minimum atomic E-state index is -0.0852. The van der Waals surface area contributed by atoms with Crippen LogP contribution in [0.4, 0.5) is 0 Å². The average molecular weight is 234 g/mol. The van der Waals surface area contributed by atoms with Gasteiger partial charge in [0, 0.05) is 0 Å². The monoisotopic (exact) mass is 234 g/mol. The van der Waals surface area contributed by atoms with Crippen LogP contribution in [0.15, 0.2) is 38.0 Å². The summed E-state index contributed by atoms with van der Waals surface area (Å²) in [5, 5.41) is 0. The standard InChI is InChI=1S/C16H26O/c1-4-12-16(13-5-2,17-14-6-3)15-10-8-7-9-11-15/h4-6,15H,1-3,7-14H2. The van der Waals surface area contributed by atoms with Crippen LogP contribution in [0.3, 0.4) is 0 Å². The molecule has 1 heteroatoms. The van der Waals surface area contributed by atoms with Gasteiger partial charge < -0.3 is 4.74 Å². The van der Waals surface area contributed by atoms with Gasteiger partial charge in [0.1, 0.15) is 0 Å². The average Bonchev–Trinajstić information content (AvgIpc) is 2.37. The second kappa shape index (κ2) is 7.50. The van der Waals surface area contributed by atoms with Gasteiger partial charge in [-0.15, -0.1) is 19.7 Å². The van der Waals surface area contributed by atoms with Crippen LogP contribution in [-0.4, -0.2) is 12.2 Å². The summed E-state index contributed by atoms with van der Waals surface area (Å²) in [4.78, 5) is 0. The Balaban J connectivity index is 2.80. The maximum absolute atomic E-state index is 6.14. The van der Waals surface area contributed by atoms with Gasteiger partial charge >= 0.3 is 0 Å². The Labute approximate surface area is 106 Å². The van der Waals surface area contributed by atoms with E-state index in [9.17, 15) is 0 Å². The Hall–Kier alpha value is -0.820. The SMILES string of the molecule is C=CCOC(CC=C)(CC=C)C1CCCCC1. The Morgan fingerprint density at radius 1 is 0.941 bits per heavy atom. The third-order valence-electron chi connectivity index (χ3n) is 3.82. The fraction of sp³-hybridized carbons (Fsp3) is 0.625. The summed E-state index contributed by atoms with van der Waals surface area (Å²) < 4.78 is 6.14. The van der Waals surface area contributed by atoms with Crippen molar-refractivity contribution in [2.24, 2.45) is 5.92 Å². The van der Waals surface area contributed by atoms with Crippen molar-refractivity contribution in [1.82, 2.24) is 0 Å². The third-order valence-corrected chi connectivity index (χ3v) is 3.82. The van der Waals surface area contributed by atoms with Crippen LogP contribution in [-0.2, 0) is 4.74 Å². The number of ether oxygens (including phenoxy) is 1. The first-order valence-electron chi connectivity index (χ1n) is 6.75. The van der Waals surface area contributed by atoms with E-state index in [2.05, 4.69) is 19.7 Å². The molecule has 1 fully saturated rings. The summed E-state index contributed by atoms with van der Waals surface area (Å²) in [6, 6.07) is 0. The molecule has 96 valence electrons. The molecular formula is C16H26O. The molecule has 0 heterocycles. The van der Waals surface area contributed by atoms with Gasteiger partial charge in [-0.3, -0.25) is 0 Å². The van der Waals surface area contributed by atoms with Gasteiger partial charge in [-0.2, -0.15) is 0 Å². The van der Waals surface area contributed by atoms with Gasteiger partial charge in [0.05, 0.1) is 12.2 Å². The highest BCUT2D eigenvalue weighted by Gasteiger charge is 2.37. The lowest BCUT2D eigenvalue weighted by Gasteiger charge is -2.41. The maximum Gasteiger partial charge on any atom is 0.0783 e. The van der Waals surface area contributed by atoms with E-state index in [1.807, 2.05) is 18.2 Å². The summed E-state index contributed by atoms with van der Waals surface area (Å²) in [6.07, 6.45) is 14.2. The van der Waals surface area contributed by atoms with Gasteiger partial charge in [-0.25, -0.2) is 0 Å². The number of rotatable bonds is 8. The molecule has 0 atom stereocenters. The van der Waals surface area contributed by atoms with Crippen molar-refractivity contribution in [3.05, 3.63) is 38.0 Å².